The maximum atomic E-state index is 10.1. The van der Waals surface area contributed by atoms with E-state index in [-0.39, 0.29) is 18.2 Å². The molecule has 1 unspecified atom stereocenters. The van der Waals surface area contributed by atoms with Gasteiger partial charge in [0, 0.05) is 31.6 Å². The summed E-state index contributed by atoms with van der Waals surface area (Å²) in [6, 6.07) is 0.156. The van der Waals surface area contributed by atoms with Crippen molar-refractivity contribution in [3.63, 3.8) is 0 Å². The van der Waals surface area contributed by atoms with E-state index >= 15 is 0 Å². The van der Waals surface area contributed by atoms with Crippen LogP contribution < -0.4 is 0 Å². The SMILES string of the molecule is CN1CC(C(O)[C@@H]2C[C@@H](O)CN2C)C1. The minimum Gasteiger partial charge on any atom is -0.392 e. The number of likely N-dealkylation sites (tertiary alicyclic amines) is 2. The van der Waals surface area contributed by atoms with E-state index in [2.05, 4.69) is 16.8 Å². The van der Waals surface area contributed by atoms with Crippen molar-refractivity contribution in [3.8, 4) is 0 Å². The van der Waals surface area contributed by atoms with E-state index in [4.69, 9.17) is 0 Å². The van der Waals surface area contributed by atoms with E-state index in [1.54, 1.807) is 0 Å². The molecule has 0 radical (unpaired) electrons. The minimum absolute atomic E-state index is 0.156. The van der Waals surface area contributed by atoms with Gasteiger partial charge in [-0.2, -0.15) is 0 Å². The topological polar surface area (TPSA) is 46.9 Å². The molecule has 2 heterocycles. The Labute approximate surface area is 85.1 Å². The van der Waals surface area contributed by atoms with Crippen molar-refractivity contribution in [1.29, 1.82) is 0 Å². The molecular formula is C10H20N2O2. The van der Waals surface area contributed by atoms with Gasteiger partial charge in [-0.25, -0.2) is 0 Å². The first kappa shape index (κ1) is 10.4. The third-order valence-corrected chi connectivity index (χ3v) is 3.55. The number of β-amino-alcohol motifs (C(OH)–C–C–N with tert-alkyl or cyclic N) is 1. The molecule has 0 aliphatic carbocycles. The lowest BCUT2D eigenvalue weighted by atomic mass is 9.88. The lowest BCUT2D eigenvalue weighted by Gasteiger charge is -2.42. The van der Waals surface area contributed by atoms with Gasteiger partial charge in [0.15, 0.2) is 0 Å². The Morgan fingerprint density at radius 1 is 1.21 bits per heavy atom. The van der Waals surface area contributed by atoms with E-state index < -0.39 is 0 Å². The Hall–Kier alpha value is -0.160. The summed E-state index contributed by atoms with van der Waals surface area (Å²) in [6.45, 7) is 2.67. The van der Waals surface area contributed by atoms with Crippen LogP contribution in [0.2, 0.25) is 0 Å². The zero-order valence-electron chi connectivity index (χ0n) is 8.93. The molecular weight excluding hydrogens is 180 g/mol. The standard InChI is InChI=1S/C10H20N2O2/c1-11-4-7(5-11)10(14)9-3-8(13)6-12(9)2/h7-10,13-14H,3-6H2,1-2H3/t8-,9+,10?/m1/s1. The second kappa shape index (κ2) is 3.77. The summed E-state index contributed by atoms with van der Waals surface area (Å²) in [5.41, 5.74) is 0. The summed E-state index contributed by atoms with van der Waals surface area (Å²) in [5.74, 6) is 0.401. The predicted molar refractivity (Wildman–Crippen MR) is 54.0 cm³/mol. The molecule has 4 nitrogen and oxygen atoms in total. The van der Waals surface area contributed by atoms with Crippen molar-refractivity contribution in [3.05, 3.63) is 0 Å². The van der Waals surface area contributed by atoms with Gasteiger partial charge >= 0.3 is 0 Å². The van der Waals surface area contributed by atoms with Gasteiger partial charge in [0.1, 0.15) is 0 Å². The highest BCUT2D eigenvalue weighted by Crippen LogP contribution is 2.27. The largest absolute Gasteiger partial charge is 0.392 e. The summed E-state index contributed by atoms with van der Waals surface area (Å²) >= 11 is 0. The number of hydrogen-bond donors (Lipinski definition) is 2. The van der Waals surface area contributed by atoms with Crippen LogP contribution in [0.15, 0.2) is 0 Å². The Bertz CT molecular complexity index is 206. The van der Waals surface area contributed by atoms with Gasteiger partial charge in [-0.1, -0.05) is 0 Å². The molecule has 4 heteroatoms. The quantitative estimate of drug-likeness (QED) is 0.598. The van der Waals surface area contributed by atoms with Crippen molar-refractivity contribution in [2.75, 3.05) is 33.7 Å². The molecule has 0 amide bonds. The summed E-state index contributed by atoms with van der Waals surface area (Å²) in [6.07, 6.45) is 0.198. The van der Waals surface area contributed by atoms with Crippen molar-refractivity contribution < 1.29 is 10.2 Å². The Kier molecular flexibility index (Phi) is 2.79. The molecule has 2 saturated heterocycles. The molecule has 0 aromatic heterocycles. The number of hydrogen-bond acceptors (Lipinski definition) is 4. The second-order valence-electron chi connectivity index (χ2n) is 4.87. The molecule has 2 aliphatic rings. The number of aliphatic hydroxyl groups is 2. The summed E-state index contributed by atoms with van der Waals surface area (Å²) in [4.78, 5) is 4.28. The number of likely N-dealkylation sites (N-methyl/N-ethyl adjacent to an activating group) is 1. The second-order valence-corrected chi connectivity index (χ2v) is 4.87. The molecule has 2 rings (SSSR count). The normalized spacial score (nSPS) is 38.6. The van der Waals surface area contributed by atoms with Crippen LogP contribution in [-0.4, -0.2) is 72.0 Å². The van der Waals surface area contributed by atoms with Crippen molar-refractivity contribution >= 4 is 0 Å². The van der Waals surface area contributed by atoms with Crippen molar-refractivity contribution in [2.24, 2.45) is 5.92 Å². The molecule has 3 atom stereocenters. The molecule has 2 fully saturated rings. The van der Waals surface area contributed by atoms with E-state index in [1.807, 2.05) is 7.05 Å². The minimum atomic E-state index is -0.270. The van der Waals surface area contributed by atoms with Gasteiger partial charge in [-0.15, -0.1) is 0 Å². The maximum absolute atomic E-state index is 10.1. The molecule has 0 bridgehead atoms. The van der Waals surface area contributed by atoms with E-state index in [0.717, 1.165) is 19.5 Å². The average molecular weight is 200 g/mol. The number of nitrogens with zero attached hydrogens (tertiary/aromatic N) is 2. The summed E-state index contributed by atoms with van der Waals surface area (Å²) in [7, 11) is 4.04. The zero-order chi connectivity index (χ0) is 10.3. The van der Waals surface area contributed by atoms with Crippen LogP contribution in [0.3, 0.4) is 0 Å². The highest BCUT2D eigenvalue weighted by molar-refractivity contribution is 4.94. The Morgan fingerprint density at radius 2 is 1.86 bits per heavy atom. The van der Waals surface area contributed by atoms with Gasteiger partial charge in [-0.3, -0.25) is 4.90 Å². The first-order valence-corrected chi connectivity index (χ1v) is 5.33. The highest BCUT2D eigenvalue weighted by atomic mass is 16.3. The smallest absolute Gasteiger partial charge is 0.0748 e. The fraction of sp³-hybridized carbons (Fsp3) is 1.00. The van der Waals surface area contributed by atoms with Crippen molar-refractivity contribution in [2.45, 2.75) is 24.7 Å². The third-order valence-electron chi connectivity index (χ3n) is 3.55. The van der Waals surface area contributed by atoms with Crippen LogP contribution in [0.5, 0.6) is 0 Å². The average Bonchev–Trinajstić information content (AvgIpc) is 2.39. The third kappa shape index (κ3) is 1.80. The van der Waals surface area contributed by atoms with Gasteiger partial charge in [-0.05, 0) is 20.5 Å². The van der Waals surface area contributed by atoms with E-state index in [9.17, 15) is 10.2 Å². The van der Waals surface area contributed by atoms with Crippen LogP contribution in [0, 0.1) is 5.92 Å². The van der Waals surface area contributed by atoms with E-state index in [1.165, 1.54) is 0 Å². The first-order chi connectivity index (χ1) is 6.58. The number of rotatable bonds is 2. The van der Waals surface area contributed by atoms with Gasteiger partial charge in [0.25, 0.3) is 0 Å². The van der Waals surface area contributed by atoms with Gasteiger partial charge < -0.3 is 15.1 Å². The first-order valence-electron chi connectivity index (χ1n) is 5.33. The fourth-order valence-electron chi connectivity index (χ4n) is 2.68. The van der Waals surface area contributed by atoms with Crippen LogP contribution in [0.4, 0.5) is 0 Å². The molecule has 2 N–H and O–H groups in total. The lowest BCUT2D eigenvalue weighted by molar-refractivity contribution is -0.0286. The lowest BCUT2D eigenvalue weighted by Crippen LogP contribution is -2.54. The maximum Gasteiger partial charge on any atom is 0.0748 e. The Morgan fingerprint density at radius 3 is 2.29 bits per heavy atom. The molecule has 0 saturated carbocycles. The Balaban J connectivity index is 1.88. The van der Waals surface area contributed by atoms with Gasteiger partial charge in [0.05, 0.1) is 12.2 Å². The highest BCUT2D eigenvalue weighted by Gasteiger charge is 2.40. The zero-order valence-corrected chi connectivity index (χ0v) is 8.93. The summed E-state index contributed by atoms with van der Waals surface area (Å²) < 4.78 is 0. The van der Waals surface area contributed by atoms with Crippen molar-refractivity contribution in [1.82, 2.24) is 9.80 Å². The molecule has 0 aromatic carbocycles. The van der Waals surface area contributed by atoms with Crippen LogP contribution in [0.25, 0.3) is 0 Å². The number of aliphatic hydroxyl groups excluding tert-OH is 2. The molecule has 2 aliphatic heterocycles. The van der Waals surface area contributed by atoms with E-state index in [0.29, 0.717) is 12.5 Å². The summed E-state index contributed by atoms with van der Waals surface area (Å²) in [5, 5.41) is 19.6. The van der Waals surface area contributed by atoms with Crippen LogP contribution >= 0.6 is 0 Å². The van der Waals surface area contributed by atoms with Crippen LogP contribution in [0.1, 0.15) is 6.42 Å². The monoisotopic (exact) mass is 200 g/mol. The molecule has 82 valence electrons. The van der Waals surface area contributed by atoms with Crippen LogP contribution in [-0.2, 0) is 0 Å². The molecule has 14 heavy (non-hydrogen) atoms. The fourth-order valence-corrected chi connectivity index (χ4v) is 2.68. The predicted octanol–water partition coefficient (Wildman–Crippen LogP) is -1.03. The molecule has 0 spiro atoms. The van der Waals surface area contributed by atoms with Gasteiger partial charge in [0.2, 0.25) is 0 Å². The molecule has 0 aromatic rings.